The predicted molar refractivity (Wildman–Crippen MR) is 111 cm³/mol. The molecule has 3 aliphatic rings. The van der Waals surface area contributed by atoms with Crippen molar-refractivity contribution >= 4 is 11.9 Å². The molecule has 3 unspecified atom stereocenters. The highest BCUT2D eigenvalue weighted by atomic mass is 16.2. The highest BCUT2D eigenvalue weighted by Gasteiger charge is 2.31. The molecule has 1 aliphatic heterocycles. The summed E-state index contributed by atoms with van der Waals surface area (Å²) >= 11 is 0. The maximum atomic E-state index is 12.0. The van der Waals surface area contributed by atoms with E-state index in [-0.39, 0.29) is 12.5 Å². The van der Waals surface area contributed by atoms with Gasteiger partial charge in [0, 0.05) is 45.3 Å². The van der Waals surface area contributed by atoms with E-state index in [9.17, 15) is 4.79 Å². The Morgan fingerprint density at radius 1 is 1.04 bits per heavy atom. The van der Waals surface area contributed by atoms with E-state index < -0.39 is 0 Å². The monoisotopic (exact) mass is 377 g/mol. The number of hydrogen-bond acceptors (Lipinski definition) is 3. The van der Waals surface area contributed by atoms with Gasteiger partial charge in [-0.1, -0.05) is 32.6 Å². The van der Waals surface area contributed by atoms with E-state index >= 15 is 0 Å². The minimum absolute atomic E-state index is 0.0480. The Morgan fingerprint density at radius 3 is 2.44 bits per heavy atom. The smallest absolute Gasteiger partial charge is 0.243 e. The number of nitrogens with zero attached hydrogens (tertiary/aromatic N) is 3. The number of nitrogens with one attached hydrogen (secondary N) is 2. The second kappa shape index (κ2) is 9.76. The number of likely N-dealkylation sites (N-methyl/N-ethyl adjacent to an activating group) is 1. The number of guanidine groups is 1. The van der Waals surface area contributed by atoms with Gasteiger partial charge >= 0.3 is 0 Å². The first-order chi connectivity index (χ1) is 13.0. The molecule has 0 radical (unpaired) electrons. The Hall–Kier alpha value is -1.30. The first kappa shape index (κ1) is 20.4. The molecule has 2 saturated carbocycles. The Labute approximate surface area is 165 Å². The van der Waals surface area contributed by atoms with Crippen LogP contribution in [0.25, 0.3) is 0 Å². The first-order valence-electron chi connectivity index (χ1n) is 11.0. The van der Waals surface area contributed by atoms with Crippen molar-refractivity contribution in [2.75, 3.05) is 33.7 Å². The van der Waals surface area contributed by atoms with Gasteiger partial charge in [-0.05, 0) is 38.0 Å². The van der Waals surface area contributed by atoms with Crippen LogP contribution in [0, 0.1) is 5.92 Å². The summed E-state index contributed by atoms with van der Waals surface area (Å²) in [6, 6.07) is 1.69. The molecule has 3 rings (SSSR count). The molecular formula is C21H39N5O. The highest BCUT2D eigenvalue weighted by Crippen LogP contribution is 2.27. The summed E-state index contributed by atoms with van der Waals surface area (Å²) in [4.78, 5) is 20.9. The number of amides is 1. The molecule has 0 bridgehead atoms. The summed E-state index contributed by atoms with van der Waals surface area (Å²) in [5.74, 6) is 1.54. The Bertz CT molecular complexity index is 515. The van der Waals surface area contributed by atoms with Gasteiger partial charge in [0.25, 0.3) is 0 Å². The summed E-state index contributed by atoms with van der Waals surface area (Å²) in [5.41, 5.74) is 0. The summed E-state index contributed by atoms with van der Waals surface area (Å²) in [6.45, 7) is 4.83. The fourth-order valence-electron chi connectivity index (χ4n) is 4.83. The summed E-state index contributed by atoms with van der Waals surface area (Å²) in [5, 5.41) is 7.32. The Kier molecular flexibility index (Phi) is 7.39. The van der Waals surface area contributed by atoms with Crippen molar-refractivity contribution in [1.29, 1.82) is 0 Å². The van der Waals surface area contributed by atoms with Crippen LogP contribution in [0.15, 0.2) is 4.99 Å². The van der Waals surface area contributed by atoms with Crippen molar-refractivity contribution < 1.29 is 4.79 Å². The largest absolute Gasteiger partial charge is 0.353 e. The molecule has 1 heterocycles. The Balaban J connectivity index is 1.58. The third-order valence-electron chi connectivity index (χ3n) is 6.71. The van der Waals surface area contributed by atoms with Crippen LogP contribution in [0.3, 0.4) is 0 Å². The van der Waals surface area contributed by atoms with Gasteiger partial charge in [0.15, 0.2) is 5.96 Å². The van der Waals surface area contributed by atoms with Crippen LogP contribution in [0.5, 0.6) is 0 Å². The molecule has 0 aromatic rings. The Morgan fingerprint density at radius 2 is 1.74 bits per heavy atom. The third-order valence-corrected chi connectivity index (χ3v) is 6.71. The number of hydrogen-bond donors (Lipinski definition) is 2. The van der Waals surface area contributed by atoms with Crippen LogP contribution in [-0.4, -0.2) is 73.5 Å². The van der Waals surface area contributed by atoms with Crippen molar-refractivity contribution in [2.24, 2.45) is 10.9 Å². The molecular weight excluding hydrogens is 338 g/mol. The second-order valence-electron chi connectivity index (χ2n) is 9.03. The van der Waals surface area contributed by atoms with Gasteiger partial charge in [0.1, 0.15) is 6.54 Å². The number of carbonyl (C=O) groups is 1. The minimum Gasteiger partial charge on any atom is -0.353 e. The van der Waals surface area contributed by atoms with Crippen molar-refractivity contribution in [1.82, 2.24) is 20.4 Å². The quantitative estimate of drug-likeness (QED) is 0.570. The normalized spacial score (nSPS) is 30.5. The lowest BCUT2D eigenvalue weighted by Crippen LogP contribution is -2.51. The van der Waals surface area contributed by atoms with Crippen molar-refractivity contribution in [3.63, 3.8) is 0 Å². The van der Waals surface area contributed by atoms with Crippen LogP contribution in [0.2, 0.25) is 0 Å². The first-order valence-corrected chi connectivity index (χ1v) is 11.0. The lowest BCUT2D eigenvalue weighted by molar-refractivity contribution is -0.127. The standard InChI is InChI=1S/C21H39N5O/c1-16-8-4-7-11-19(16)24-21(22-14-20(27)25(2)3)23-17-12-13-26(15-17)18-9-5-6-10-18/h16-19H,4-15H2,1-3H3,(H2,22,23,24). The van der Waals surface area contributed by atoms with Crippen LogP contribution in [0.4, 0.5) is 0 Å². The molecule has 27 heavy (non-hydrogen) atoms. The molecule has 0 spiro atoms. The SMILES string of the molecule is CC1CCCCC1NC(=NCC(=O)N(C)C)NC1CCN(C2CCCC2)C1. The average molecular weight is 378 g/mol. The molecule has 1 saturated heterocycles. The summed E-state index contributed by atoms with van der Waals surface area (Å²) < 4.78 is 0. The van der Waals surface area contributed by atoms with E-state index in [0.717, 1.165) is 18.5 Å². The second-order valence-corrected chi connectivity index (χ2v) is 9.03. The number of rotatable bonds is 5. The molecule has 1 amide bonds. The van der Waals surface area contributed by atoms with Crippen molar-refractivity contribution in [2.45, 2.75) is 82.8 Å². The van der Waals surface area contributed by atoms with E-state index in [2.05, 4.69) is 27.4 Å². The molecule has 6 heteroatoms. The zero-order valence-corrected chi connectivity index (χ0v) is 17.5. The van der Waals surface area contributed by atoms with E-state index in [4.69, 9.17) is 0 Å². The third kappa shape index (κ3) is 5.84. The van der Waals surface area contributed by atoms with Crippen LogP contribution in [0.1, 0.15) is 64.7 Å². The van der Waals surface area contributed by atoms with E-state index in [1.54, 1.807) is 19.0 Å². The molecule has 6 nitrogen and oxygen atoms in total. The fraction of sp³-hybridized carbons (Fsp3) is 0.905. The van der Waals surface area contributed by atoms with E-state index in [0.29, 0.717) is 18.0 Å². The number of carbonyl (C=O) groups excluding carboxylic acids is 1. The number of aliphatic imine (C=N–C) groups is 1. The maximum Gasteiger partial charge on any atom is 0.243 e. The predicted octanol–water partition coefficient (Wildman–Crippen LogP) is 2.21. The van der Waals surface area contributed by atoms with Crippen LogP contribution >= 0.6 is 0 Å². The van der Waals surface area contributed by atoms with Gasteiger partial charge in [-0.25, -0.2) is 4.99 Å². The van der Waals surface area contributed by atoms with Gasteiger partial charge in [-0.2, -0.15) is 0 Å². The van der Waals surface area contributed by atoms with Crippen LogP contribution in [-0.2, 0) is 4.79 Å². The van der Waals surface area contributed by atoms with Gasteiger partial charge in [-0.15, -0.1) is 0 Å². The van der Waals surface area contributed by atoms with Crippen molar-refractivity contribution in [3.8, 4) is 0 Å². The highest BCUT2D eigenvalue weighted by molar-refractivity contribution is 5.85. The topological polar surface area (TPSA) is 60.0 Å². The summed E-state index contributed by atoms with van der Waals surface area (Å²) in [7, 11) is 3.58. The van der Waals surface area contributed by atoms with Gasteiger partial charge in [0.05, 0.1) is 0 Å². The van der Waals surface area contributed by atoms with Crippen molar-refractivity contribution in [3.05, 3.63) is 0 Å². The molecule has 0 aromatic carbocycles. The molecule has 0 aromatic heterocycles. The molecule has 2 N–H and O–H groups in total. The molecule has 2 aliphatic carbocycles. The van der Waals surface area contributed by atoms with E-state index in [1.807, 2.05) is 0 Å². The van der Waals surface area contributed by atoms with Crippen LogP contribution < -0.4 is 10.6 Å². The minimum atomic E-state index is 0.0480. The molecule has 154 valence electrons. The summed E-state index contributed by atoms with van der Waals surface area (Å²) in [6.07, 6.45) is 11.8. The lowest BCUT2D eigenvalue weighted by Gasteiger charge is -2.32. The zero-order chi connectivity index (χ0) is 19.2. The fourth-order valence-corrected chi connectivity index (χ4v) is 4.83. The lowest BCUT2D eigenvalue weighted by atomic mass is 9.86. The van der Waals surface area contributed by atoms with Gasteiger partial charge < -0.3 is 15.5 Å². The maximum absolute atomic E-state index is 12.0. The van der Waals surface area contributed by atoms with E-state index in [1.165, 1.54) is 64.3 Å². The zero-order valence-electron chi connectivity index (χ0n) is 17.5. The van der Waals surface area contributed by atoms with Gasteiger partial charge in [0.2, 0.25) is 5.91 Å². The molecule has 3 atom stereocenters. The number of likely N-dealkylation sites (tertiary alicyclic amines) is 1. The molecule has 3 fully saturated rings. The average Bonchev–Trinajstić information content (AvgIpc) is 3.32. The van der Waals surface area contributed by atoms with Gasteiger partial charge in [-0.3, -0.25) is 9.69 Å².